The second-order valence-electron chi connectivity index (χ2n) is 6.99. The van der Waals surface area contributed by atoms with Crippen LogP contribution >= 0.6 is 11.6 Å². The molecule has 6 nitrogen and oxygen atoms in total. The van der Waals surface area contributed by atoms with E-state index in [1.807, 2.05) is 0 Å². The Bertz CT molecular complexity index is 996. The van der Waals surface area contributed by atoms with Gasteiger partial charge in [-0.25, -0.2) is 13.8 Å². The second kappa shape index (κ2) is 9.52. The highest BCUT2D eigenvalue weighted by molar-refractivity contribution is 7.89. The molecule has 2 aromatic carbocycles. The third-order valence-electron chi connectivity index (χ3n) is 4.89. The van der Waals surface area contributed by atoms with E-state index in [1.165, 1.54) is 0 Å². The first kappa shape index (κ1) is 21.5. The molecule has 1 aliphatic heterocycles. The predicted molar refractivity (Wildman–Crippen MR) is 115 cm³/mol. The molecule has 0 aromatic heterocycles. The summed E-state index contributed by atoms with van der Waals surface area (Å²) in [6, 6.07) is 13.2. The monoisotopic (exact) mass is 433 g/mol. The lowest BCUT2D eigenvalue weighted by Gasteiger charge is -2.20. The Morgan fingerprint density at radius 1 is 1.00 bits per heavy atom. The molecule has 0 saturated carbocycles. The molecule has 0 unspecified atom stereocenters. The molecule has 0 aliphatic carbocycles. The van der Waals surface area contributed by atoms with E-state index in [2.05, 4.69) is 10.5 Å². The third kappa shape index (κ3) is 5.44. The zero-order chi connectivity index (χ0) is 20.9. The van der Waals surface area contributed by atoms with E-state index in [1.54, 1.807) is 59.8 Å². The number of hydrogen-bond acceptors (Lipinski definition) is 4. The molecule has 3 rings (SSSR count). The van der Waals surface area contributed by atoms with Gasteiger partial charge in [-0.2, -0.15) is 9.41 Å². The van der Waals surface area contributed by atoms with Crippen molar-refractivity contribution in [2.75, 3.05) is 13.1 Å². The van der Waals surface area contributed by atoms with E-state index < -0.39 is 10.0 Å². The average molecular weight is 434 g/mol. The number of hydrazone groups is 1. The minimum Gasteiger partial charge on any atom is -0.267 e. The van der Waals surface area contributed by atoms with Crippen molar-refractivity contribution in [3.05, 3.63) is 64.7 Å². The second-order valence-corrected chi connectivity index (χ2v) is 9.37. The summed E-state index contributed by atoms with van der Waals surface area (Å²) in [5.41, 5.74) is 4.20. The van der Waals surface area contributed by atoms with Gasteiger partial charge in [0.05, 0.1) is 10.6 Å². The highest BCUT2D eigenvalue weighted by Crippen LogP contribution is 2.21. The maximum absolute atomic E-state index is 12.8. The molecule has 1 heterocycles. The molecule has 1 N–H and O–H groups in total. The molecule has 0 spiro atoms. The number of amides is 1. The van der Waals surface area contributed by atoms with Crippen LogP contribution in [-0.2, 0) is 10.0 Å². The van der Waals surface area contributed by atoms with Crippen LogP contribution in [0.25, 0.3) is 0 Å². The van der Waals surface area contributed by atoms with Crippen LogP contribution in [0.5, 0.6) is 0 Å². The van der Waals surface area contributed by atoms with Gasteiger partial charge in [0.2, 0.25) is 10.0 Å². The van der Waals surface area contributed by atoms with Gasteiger partial charge in [0.15, 0.2) is 0 Å². The van der Waals surface area contributed by atoms with Crippen molar-refractivity contribution in [1.82, 2.24) is 9.73 Å². The molecule has 8 heteroatoms. The molecule has 0 bridgehead atoms. The van der Waals surface area contributed by atoms with E-state index in [0.717, 1.165) is 31.2 Å². The Labute approximate surface area is 176 Å². The SMILES string of the molecule is CC(=NNC(=O)c1cccc(Cl)c1)c1ccc(S(=O)(=O)N2CCCCCC2)cc1. The lowest BCUT2D eigenvalue weighted by Crippen LogP contribution is -2.31. The standard InChI is InChI=1S/C21H24ClN3O3S/c1-16(23-24-21(26)18-7-6-8-19(22)15-18)17-9-11-20(12-10-17)29(27,28)25-13-4-2-3-5-14-25/h6-12,15H,2-5,13-14H2,1H3,(H,24,26). The van der Waals surface area contributed by atoms with Gasteiger partial charge in [0.1, 0.15) is 0 Å². The Morgan fingerprint density at radius 3 is 2.28 bits per heavy atom. The van der Waals surface area contributed by atoms with Crippen LogP contribution < -0.4 is 5.43 Å². The maximum Gasteiger partial charge on any atom is 0.271 e. The van der Waals surface area contributed by atoms with E-state index in [9.17, 15) is 13.2 Å². The highest BCUT2D eigenvalue weighted by Gasteiger charge is 2.25. The van der Waals surface area contributed by atoms with Gasteiger partial charge in [-0.3, -0.25) is 4.79 Å². The van der Waals surface area contributed by atoms with Gasteiger partial charge < -0.3 is 0 Å². The van der Waals surface area contributed by atoms with Gasteiger partial charge in [0.25, 0.3) is 5.91 Å². The number of sulfonamides is 1. The van der Waals surface area contributed by atoms with Crippen LogP contribution in [0.2, 0.25) is 5.02 Å². The van der Waals surface area contributed by atoms with Crippen LogP contribution in [0.4, 0.5) is 0 Å². The quantitative estimate of drug-likeness (QED) is 0.570. The summed E-state index contributed by atoms with van der Waals surface area (Å²) < 4.78 is 27.3. The highest BCUT2D eigenvalue weighted by atomic mass is 35.5. The zero-order valence-electron chi connectivity index (χ0n) is 16.3. The van der Waals surface area contributed by atoms with Gasteiger partial charge in [-0.15, -0.1) is 0 Å². The number of rotatable bonds is 5. The molecule has 154 valence electrons. The van der Waals surface area contributed by atoms with Crippen LogP contribution in [0.15, 0.2) is 58.5 Å². The lowest BCUT2D eigenvalue weighted by molar-refractivity contribution is 0.0955. The molecule has 2 aromatic rings. The summed E-state index contributed by atoms with van der Waals surface area (Å²) in [6.45, 7) is 2.89. The molecule has 1 aliphatic rings. The Morgan fingerprint density at radius 2 is 1.66 bits per heavy atom. The molecule has 0 atom stereocenters. The van der Waals surface area contributed by atoms with Crippen LogP contribution in [0.3, 0.4) is 0 Å². The summed E-state index contributed by atoms with van der Waals surface area (Å²) in [5, 5.41) is 4.58. The Balaban J connectivity index is 1.70. The van der Waals surface area contributed by atoms with E-state index in [4.69, 9.17) is 11.6 Å². The topological polar surface area (TPSA) is 78.8 Å². The Hall–Kier alpha value is -2.22. The molecular weight excluding hydrogens is 410 g/mol. The first-order chi connectivity index (χ1) is 13.9. The number of carbonyl (C=O) groups is 1. The van der Waals surface area contributed by atoms with Crippen molar-refractivity contribution in [3.8, 4) is 0 Å². The van der Waals surface area contributed by atoms with Crippen molar-refractivity contribution >= 4 is 33.2 Å². The summed E-state index contributed by atoms with van der Waals surface area (Å²) in [7, 11) is -3.48. The molecule has 1 saturated heterocycles. The van der Waals surface area contributed by atoms with Crippen molar-refractivity contribution in [1.29, 1.82) is 0 Å². The van der Waals surface area contributed by atoms with Crippen LogP contribution in [-0.4, -0.2) is 37.4 Å². The fraction of sp³-hybridized carbons (Fsp3) is 0.333. The van der Waals surface area contributed by atoms with Crippen LogP contribution in [0, 0.1) is 0 Å². The largest absolute Gasteiger partial charge is 0.271 e. The van der Waals surface area contributed by atoms with E-state index in [-0.39, 0.29) is 10.8 Å². The van der Waals surface area contributed by atoms with Crippen molar-refractivity contribution in [3.63, 3.8) is 0 Å². The number of halogens is 1. The summed E-state index contributed by atoms with van der Waals surface area (Å²) in [5.74, 6) is -0.368. The van der Waals surface area contributed by atoms with Gasteiger partial charge in [-0.05, 0) is 55.7 Å². The van der Waals surface area contributed by atoms with E-state index >= 15 is 0 Å². The van der Waals surface area contributed by atoms with Gasteiger partial charge in [0, 0.05) is 23.7 Å². The summed E-state index contributed by atoms with van der Waals surface area (Å²) in [6.07, 6.45) is 3.94. The molecule has 1 fully saturated rings. The number of benzene rings is 2. The van der Waals surface area contributed by atoms with Crippen molar-refractivity contribution in [2.45, 2.75) is 37.5 Å². The lowest BCUT2D eigenvalue weighted by atomic mass is 10.1. The molecule has 0 radical (unpaired) electrons. The average Bonchev–Trinajstić information content (AvgIpc) is 3.02. The fourth-order valence-electron chi connectivity index (χ4n) is 3.19. The van der Waals surface area contributed by atoms with E-state index in [0.29, 0.717) is 29.4 Å². The van der Waals surface area contributed by atoms with Crippen molar-refractivity contribution in [2.24, 2.45) is 5.10 Å². The summed E-state index contributed by atoms with van der Waals surface area (Å²) in [4.78, 5) is 12.4. The first-order valence-electron chi connectivity index (χ1n) is 9.59. The first-order valence-corrected chi connectivity index (χ1v) is 11.4. The molecular formula is C21H24ClN3O3S. The predicted octanol–water partition coefficient (Wildman–Crippen LogP) is 4.06. The number of nitrogens with one attached hydrogen (secondary N) is 1. The minimum atomic E-state index is -3.48. The third-order valence-corrected chi connectivity index (χ3v) is 7.03. The molecule has 1 amide bonds. The van der Waals surface area contributed by atoms with Crippen molar-refractivity contribution < 1.29 is 13.2 Å². The minimum absolute atomic E-state index is 0.277. The number of nitrogens with zero attached hydrogens (tertiary/aromatic N) is 2. The summed E-state index contributed by atoms with van der Waals surface area (Å²) >= 11 is 5.90. The number of carbonyl (C=O) groups excluding carboxylic acids is 1. The maximum atomic E-state index is 12.8. The normalized spacial score (nSPS) is 16.3. The smallest absolute Gasteiger partial charge is 0.267 e. The zero-order valence-corrected chi connectivity index (χ0v) is 17.8. The van der Waals surface area contributed by atoms with Crippen LogP contribution in [0.1, 0.15) is 48.5 Å². The Kier molecular flexibility index (Phi) is 7.05. The van der Waals surface area contributed by atoms with Gasteiger partial charge >= 0.3 is 0 Å². The number of hydrogen-bond donors (Lipinski definition) is 1. The molecule has 29 heavy (non-hydrogen) atoms. The van der Waals surface area contributed by atoms with Gasteiger partial charge in [-0.1, -0.05) is 42.6 Å². The fourth-order valence-corrected chi connectivity index (χ4v) is 4.90.